The highest BCUT2D eigenvalue weighted by Gasteiger charge is 2.38. The number of carbonyl (C=O) groups excluding carboxylic acids is 2. The smallest absolute Gasteiger partial charge is 0.226 e. The van der Waals surface area contributed by atoms with Gasteiger partial charge in [-0.1, -0.05) is 55.5 Å². The van der Waals surface area contributed by atoms with Gasteiger partial charge < -0.3 is 10.2 Å². The van der Waals surface area contributed by atoms with E-state index < -0.39 is 0 Å². The quantitative estimate of drug-likeness (QED) is 0.918. The lowest BCUT2D eigenvalue weighted by Crippen LogP contribution is -2.28. The van der Waals surface area contributed by atoms with Crippen molar-refractivity contribution < 1.29 is 9.59 Å². The van der Waals surface area contributed by atoms with Gasteiger partial charge in [0.15, 0.2) is 0 Å². The molecule has 1 aliphatic heterocycles. The topological polar surface area (TPSA) is 49.4 Å². The molecule has 0 aromatic heterocycles. The zero-order chi connectivity index (χ0) is 16.9. The molecule has 1 N–H and O–H groups in total. The Morgan fingerprint density at radius 3 is 2.38 bits per heavy atom. The van der Waals surface area contributed by atoms with Crippen molar-refractivity contribution in [3.63, 3.8) is 0 Å². The minimum Gasteiger partial charge on any atom is -0.338 e. The highest BCUT2D eigenvalue weighted by molar-refractivity contribution is 5.94. The van der Waals surface area contributed by atoms with Gasteiger partial charge in [0, 0.05) is 25.2 Å². The Labute approximate surface area is 142 Å². The molecular formula is C20H22N2O2. The third kappa shape index (κ3) is 3.82. The molecule has 24 heavy (non-hydrogen) atoms. The Bertz CT molecular complexity index is 700. The summed E-state index contributed by atoms with van der Waals surface area (Å²) >= 11 is 0. The maximum atomic E-state index is 12.7. The average molecular weight is 322 g/mol. The predicted octanol–water partition coefficient (Wildman–Crippen LogP) is 3.31. The highest BCUT2D eigenvalue weighted by Crippen LogP contribution is 2.29. The molecule has 0 aliphatic carbocycles. The van der Waals surface area contributed by atoms with Gasteiger partial charge in [-0.2, -0.15) is 0 Å². The number of likely N-dealkylation sites (tertiary alicyclic amines) is 1. The Morgan fingerprint density at radius 1 is 1.08 bits per heavy atom. The number of hydrogen-bond donors (Lipinski definition) is 1. The molecule has 0 unspecified atom stereocenters. The van der Waals surface area contributed by atoms with Gasteiger partial charge in [0.25, 0.3) is 0 Å². The van der Waals surface area contributed by atoms with E-state index in [2.05, 4.69) is 5.32 Å². The van der Waals surface area contributed by atoms with Crippen LogP contribution in [0, 0.1) is 11.8 Å². The monoisotopic (exact) mass is 322 g/mol. The van der Waals surface area contributed by atoms with Gasteiger partial charge in [0.2, 0.25) is 11.8 Å². The normalized spacial score (nSPS) is 20.2. The molecule has 0 bridgehead atoms. The molecule has 124 valence electrons. The largest absolute Gasteiger partial charge is 0.338 e. The third-order valence-corrected chi connectivity index (χ3v) is 4.50. The molecule has 2 amide bonds. The van der Waals surface area contributed by atoms with Gasteiger partial charge >= 0.3 is 0 Å². The number of carbonyl (C=O) groups is 2. The van der Waals surface area contributed by atoms with E-state index in [4.69, 9.17) is 0 Å². The summed E-state index contributed by atoms with van der Waals surface area (Å²) in [6.45, 7) is 3.36. The molecular weight excluding hydrogens is 300 g/mol. The van der Waals surface area contributed by atoms with Crippen LogP contribution in [0.25, 0.3) is 0 Å². The summed E-state index contributed by atoms with van der Waals surface area (Å²) in [6, 6.07) is 19.3. The van der Waals surface area contributed by atoms with E-state index >= 15 is 0 Å². The summed E-state index contributed by atoms with van der Waals surface area (Å²) in [5.74, 6) is -0.0808. The van der Waals surface area contributed by atoms with Gasteiger partial charge in [-0.15, -0.1) is 0 Å². The molecule has 1 fully saturated rings. The van der Waals surface area contributed by atoms with Crippen molar-refractivity contribution in [2.45, 2.75) is 19.9 Å². The Hall–Kier alpha value is -2.62. The number of nitrogens with zero attached hydrogens (tertiary/aromatic N) is 1. The Balaban J connectivity index is 1.60. The zero-order valence-corrected chi connectivity index (χ0v) is 13.8. The number of nitrogens with one attached hydrogen (secondary N) is 1. The third-order valence-electron chi connectivity index (χ3n) is 4.50. The van der Waals surface area contributed by atoms with Crippen LogP contribution in [-0.4, -0.2) is 23.3 Å². The van der Waals surface area contributed by atoms with E-state index in [1.807, 2.05) is 72.5 Å². The summed E-state index contributed by atoms with van der Waals surface area (Å²) < 4.78 is 0. The molecule has 2 atom stereocenters. The molecule has 1 aliphatic rings. The number of amides is 2. The van der Waals surface area contributed by atoms with Crippen molar-refractivity contribution in [3.05, 3.63) is 66.2 Å². The van der Waals surface area contributed by atoms with E-state index in [9.17, 15) is 9.59 Å². The van der Waals surface area contributed by atoms with E-state index in [0.29, 0.717) is 13.1 Å². The van der Waals surface area contributed by atoms with E-state index in [1.165, 1.54) is 0 Å². The summed E-state index contributed by atoms with van der Waals surface area (Å²) in [4.78, 5) is 26.8. The van der Waals surface area contributed by atoms with Crippen LogP contribution in [-0.2, 0) is 16.1 Å². The number of anilines is 1. The van der Waals surface area contributed by atoms with Crippen molar-refractivity contribution >= 4 is 17.5 Å². The first-order valence-corrected chi connectivity index (χ1v) is 8.31. The second-order valence-electron chi connectivity index (χ2n) is 6.41. The number of para-hydroxylation sites is 1. The lowest BCUT2D eigenvalue weighted by molar-refractivity contribution is -0.133. The molecule has 0 spiro atoms. The molecule has 4 heteroatoms. The molecule has 1 saturated heterocycles. The molecule has 1 heterocycles. The lowest BCUT2D eigenvalue weighted by Gasteiger charge is -2.16. The second-order valence-corrected chi connectivity index (χ2v) is 6.41. The SMILES string of the molecule is C[C@H]1CN(Cc2ccccc2)C(=O)[C@@H]1CC(=O)Nc1ccccc1. The fourth-order valence-electron chi connectivity index (χ4n) is 3.21. The van der Waals surface area contributed by atoms with Gasteiger partial charge in [0.1, 0.15) is 0 Å². The van der Waals surface area contributed by atoms with Crippen molar-refractivity contribution in [2.75, 3.05) is 11.9 Å². The Morgan fingerprint density at radius 2 is 1.71 bits per heavy atom. The van der Waals surface area contributed by atoms with Gasteiger partial charge in [-0.05, 0) is 23.6 Å². The van der Waals surface area contributed by atoms with Crippen LogP contribution in [0.4, 0.5) is 5.69 Å². The lowest BCUT2D eigenvalue weighted by atomic mass is 9.94. The summed E-state index contributed by atoms with van der Waals surface area (Å²) in [7, 11) is 0. The van der Waals surface area contributed by atoms with Crippen LogP contribution in [0.15, 0.2) is 60.7 Å². The van der Waals surface area contributed by atoms with Crippen LogP contribution < -0.4 is 5.32 Å². The fraction of sp³-hybridized carbons (Fsp3) is 0.300. The molecule has 0 saturated carbocycles. The molecule has 4 nitrogen and oxygen atoms in total. The Kier molecular flexibility index (Phi) is 4.94. The first-order chi connectivity index (χ1) is 11.6. The van der Waals surface area contributed by atoms with Gasteiger partial charge in [-0.25, -0.2) is 0 Å². The number of hydrogen-bond acceptors (Lipinski definition) is 2. The summed E-state index contributed by atoms with van der Waals surface area (Å²) in [5, 5.41) is 2.86. The average Bonchev–Trinajstić information content (AvgIpc) is 2.84. The molecule has 3 rings (SSSR count). The fourth-order valence-corrected chi connectivity index (χ4v) is 3.21. The molecule has 2 aromatic carbocycles. The van der Waals surface area contributed by atoms with Crippen LogP contribution in [0.5, 0.6) is 0 Å². The minimum absolute atomic E-state index is 0.0783. The van der Waals surface area contributed by atoms with E-state index in [-0.39, 0.29) is 30.1 Å². The standard InChI is InChI=1S/C20H22N2O2/c1-15-13-22(14-16-8-4-2-5-9-16)20(24)18(15)12-19(23)21-17-10-6-3-7-11-17/h2-11,15,18H,12-14H2,1H3,(H,21,23)/t15-,18+/m0/s1. The van der Waals surface area contributed by atoms with Gasteiger partial charge in [-0.3, -0.25) is 9.59 Å². The van der Waals surface area contributed by atoms with Crippen LogP contribution >= 0.6 is 0 Å². The zero-order valence-electron chi connectivity index (χ0n) is 13.8. The number of benzene rings is 2. The van der Waals surface area contributed by atoms with Crippen LogP contribution in [0.3, 0.4) is 0 Å². The van der Waals surface area contributed by atoms with Crippen molar-refractivity contribution in [3.8, 4) is 0 Å². The predicted molar refractivity (Wildman–Crippen MR) is 94.2 cm³/mol. The van der Waals surface area contributed by atoms with Crippen molar-refractivity contribution in [1.29, 1.82) is 0 Å². The first-order valence-electron chi connectivity index (χ1n) is 8.31. The molecule has 0 radical (unpaired) electrons. The van der Waals surface area contributed by atoms with Crippen LogP contribution in [0.1, 0.15) is 18.9 Å². The van der Waals surface area contributed by atoms with E-state index in [1.54, 1.807) is 0 Å². The maximum Gasteiger partial charge on any atom is 0.226 e. The maximum absolute atomic E-state index is 12.7. The van der Waals surface area contributed by atoms with Gasteiger partial charge in [0.05, 0.1) is 5.92 Å². The highest BCUT2D eigenvalue weighted by atomic mass is 16.2. The number of rotatable bonds is 5. The second kappa shape index (κ2) is 7.30. The van der Waals surface area contributed by atoms with Crippen molar-refractivity contribution in [2.24, 2.45) is 11.8 Å². The summed E-state index contributed by atoms with van der Waals surface area (Å²) in [5.41, 5.74) is 1.88. The minimum atomic E-state index is -0.238. The van der Waals surface area contributed by atoms with Crippen LogP contribution in [0.2, 0.25) is 0 Å². The van der Waals surface area contributed by atoms with E-state index in [0.717, 1.165) is 11.3 Å². The van der Waals surface area contributed by atoms with Crippen molar-refractivity contribution in [1.82, 2.24) is 4.90 Å². The molecule has 2 aromatic rings. The first kappa shape index (κ1) is 16.2. The summed E-state index contributed by atoms with van der Waals surface area (Å²) in [6.07, 6.45) is 0.236.